The van der Waals surface area contributed by atoms with Crippen molar-refractivity contribution in [3.63, 3.8) is 0 Å². The number of nitrogens with one attached hydrogen (secondary N) is 3. The summed E-state index contributed by atoms with van der Waals surface area (Å²) in [6, 6.07) is 4.42. The highest BCUT2D eigenvalue weighted by Gasteiger charge is 2.25. The number of nitrogens with two attached hydrogens (primary N) is 1. The van der Waals surface area contributed by atoms with Crippen molar-refractivity contribution >= 4 is 30.4 Å². The Kier molecular flexibility index (Phi) is 11.7. The number of likely N-dealkylation sites (N-methyl/N-ethyl adjacent to an activating group) is 1. The zero-order chi connectivity index (χ0) is 22.5. The minimum atomic E-state index is -1.61. The Balaban J connectivity index is 2.60. The second-order valence-corrected chi connectivity index (χ2v) is 6.75. The molecule has 7 N–H and O–H groups in total. The highest BCUT2D eigenvalue weighted by molar-refractivity contribution is 6.58. The van der Waals surface area contributed by atoms with Crippen molar-refractivity contribution < 1.29 is 29.2 Å². The van der Waals surface area contributed by atoms with Crippen molar-refractivity contribution in [2.24, 2.45) is 5.73 Å². The van der Waals surface area contributed by atoms with E-state index >= 15 is 0 Å². The van der Waals surface area contributed by atoms with Gasteiger partial charge in [-0.2, -0.15) is 0 Å². The maximum atomic E-state index is 12.5. The van der Waals surface area contributed by atoms with E-state index in [0.29, 0.717) is 18.5 Å². The fourth-order valence-electron chi connectivity index (χ4n) is 2.80. The molecule has 1 rings (SSSR count). The number of hydrogen-bond acceptors (Lipinski definition) is 8. The molecule has 0 radical (unpaired) electrons. The zero-order valence-corrected chi connectivity index (χ0v) is 17.4. The summed E-state index contributed by atoms with van der Waals surface area (Å²) in [7, 11) is 1.29. The van der Waals surface area contributed by atoms with Crippen LogP contribution in [0.25, 0.3) is 0 Å². The SMILES string of the molecule is CNC(CCCCN)C(=O)NC(CCNC(=O)c1ccc(B(O)O)cc1)C(=O)OC. The number of methoxy groups -OCH3 is 1. The summed E-state index contributed by atoms with van der Waals surface area (Å²) in [6.45, 7) is 0.673. The van der Waals surface area contributed by atoms with Crippen molar-refractivity contribution in [3.05, 3.63) is 29.8 Å². The Labute approximate surface area is 176 Å². The number of amides is 2. The molecular formula is C19H31BN4O6. The second kappa shape index (κ2) is 13.7. The highest BCUT2D eigenvalue weighted by atomic mass is 16.5. The van der Waals surface area contributed by atoms with E-state index in [4.69, 9.17) is 20.5 Å². The maximum absolute atomic E-state index is 12.5. The van der Waals surface area contributed by atoms with Gasteiger partial charge in [-0.3, -0.25) is 9.59 Å². The number of carbonyl (C=O) groups is 3. The Morgan fingerprint density at radius 1 is 1.10 bits per heavy atom. The van der Waals surface area contributed by atoms with Crippen molar-refractivity contribution in [2.75, 3.05) is 27.2 Å². The van der Waals surface area contributed by atoms with E-state index in [-0.39, 0.29) is 30.2 Å². The van der Waals surface area contributed by atoms with Gasteiger partial charge in [0.15, 0.2) is 0 Å². The molecule has 0 bridgehead atoms. The van der Waals surface area contributed by atoms with E-state index in [0.717, 1.165) is 12.8 Å². The predicted molar refractivity (Wildman–Crippen MR) is 113 cm³/mol. The molecule has 166 valence electrons. The number of hydrogen-bond donors (Lipinski definition) is 6. The van der Waals surface area contributed by atoms with Crippen LogP contribution in [-0.2, 0) is 14.3 Å². The molecule has 1 aromatic carbocycles. The van der Waals surface area contributed by atoms with Crippen LogP contribution in [0, 0.1) is 0 Å². The third-order valence-electron chi connectivity index (χ3n) is 4.60. The van der Waals surface area contributed by atoms with Gasteiger partial charge in [0.25, 0.3) is 5.91 Å². The molecule has 2 amide bonds. The molecule has 10 nitrogen and oxygen atoms in total. The van der Waals surface area contributed by atoms with Crippen LogP contribution in [0.3, 0.4) is 0 Å². The highest BCUT2D eigenvalue weighted by Crippen LogP contribution is 2.03. The van der Waals surface area contributed by atoms with Crippen molar-refractivity contribution in [1.82, 2.24) is 16.0 Å². The van der Waals surface area contributed by atoms with Crippen molar-refractivity contribution in [1.29, 1.82) is 0 Å². The molecule has 0 saturated carbocycles. The van der Waals surface area contributed by atoms with Crippen molar-refractivity contribution in [3.8, 4) is 0 Å². The summed E-state index contributed by atoms with van der Waals surface area (Å²) >= 11 is 0. The van der Waals surface area contributed by atoms with E-state index in [1.165, 1.54) is 31.4 Å². The van der Waals surface area contributed by atoms with Crippen LogP contribution in [0.4, 0.5) is 0 Å². The number of carbonyl (C=O) groups excluding carboxylic acids is 3. The smallest absolute Gasteiger partial charge is 0.467 e. The van der Waals surface area contributed by atoms with E-state index < -0.39 is 25.2 Å². The third kappa shape index (κ3) is 8.50. The molecule has 0 saturated heterocycles. The van der Waals surface area contributed by atoms with Gasteiger partial charge >= 0.3 is 13.1 Å². The van der Waals surface area contributed by atoms with Gasteiger partial charge in [0, 0.05) is 12.1 Å². The normalized spacial score (nSPS) is 12.6. The van der Waals surface area contributed by atoms with Crippen LogP contribution >= 0.6 is 0 Å². The predicted octanol–water partition coefficient (Wildman–Crippen LogP) is -2.14. The first-order valence-electron chi connectivity index (χ1n) is 9.83. The number of benzene rings is 1. The van der Waals surface area contributed by atoms with Crippen LogP contribution in [0.1, 0.15) is 36.0 Å². The lowest BCUT2D eigenvalue weighted by Crippen LogP contribution is -2.50. The van der Waals surface area contributed by atoms with Crippen LogP contribution in [0.15, 0.2) is 24.3 Å². The number of unbranched alkanes of at least 4 members (excludes halogenated alkanes) is 1. The lowest BCUT2D eigenvalue weighted by atomic mass is 9.80. The summed E-state index contributed by atoms with van der Waals surface area (Å²) in [5.41, 5.74) is 6.07. The van der Waals surface area contributed by atoms with E-state index in [1.807, 2.05) is 0 Å². The first-order chi connectivity index (χ1) is 14.3. The largest absolute Gasteiger partial charge is 0.488 e. The van der Waals surface area contributed by atoms with E-state index in [1.54, 1.807) is 7.05 Å². The molecule has 30 heavy (non-hydrogen) atoms. The second-order valence-electron chi connectivity index (χ2n) is 6.75. The topological polar surface area (TPSA) is 163 Å². The van der Waals surface area contributed by atoms with Gasteiger partial charge in [-0.15, -0.1) is 0 Å². The molecule has 0 aromatic heterocycles. The van der Waals surface area contributed by atoms with Gasteiger partial charge in [-0.05, 0) is 50.5 Å². The Morgan fingerprint density at radius 2 is 1.77 bits per heavy atom. The van der Waals surface area contributed by atoms with Crippen LogP contribution < -0.4 is 27.1 Å². The van der Waals surface area contributed by atoms with Gasteiger partial charge in [0.2, 0.25) is 5.91 Å². The molecule has 0 aliphatic heterocycles. The first-order valence-corrected chi connectivity index (χ1v) is 9.83. The zero-order valence-electron chi connectivity index (χ0n) is 17.4. The molecule has 0 heterocycles. The van der Waals surface area contributed by atoms with Gasteiger partial charge in [-0.25, -0.2) is 4.79 Å². The fraction of sp³-hybridized carbons (Fsp3) is 0.526. The minimum absolute atomic E-state index is 0.126. The summed E-state index contributed by atoms with van der Waals surface area (Å²) < 4.78 is 4.75. The Morgan fingerprint density at radius 3 is 2.30 bits per heavy atom. The lowest BCUT2D eigenvalue weighted by Gasteiger charge is -2.21. The number of ether oxygens (including phenoxy) is 1. The van der Waals surface area contributed by atoms with Crippen LogP contribution in [0.5, 0.6) is 0 Å². The summed E-state index contributed by atoms with van der Waals surface area (Å²) in [5, 5.41) is 26.4. The molecule has 0 aliphatic rings. The number of esters is 1. The molecular weight excluding hydrogens is 391 g/mol. The molecule has 0 aliphatic carbocycles. The Bertz CT molecular complexity index is 686. The van der Waals surface area contributed by atoms with Crippen LogP contribution in [0.2, 0.25) is 0 Å². The summed E-state index contributed by atoms with van der Waals surface area (Å²) in [4.78, 5) is 36.7. The molecule has 2 atom stereocenters. The molecule has 0 fully saturated rings. The van der Waals surface area contributed by atoms with E-state index in [9.17, 15) is 14.4 Å². The van der Waals surface area contributed by atoms with Crippen molar-refractivity contribution in [2.45, 2.75) is 37.8 Å². The molecule has 0 spiro atoms. The van der Waals surface area contributed by atoms with Gasteiger partial charge in [-0.1, -0.05) is 18.6 Å². The first kappa shape index (κ1) is 25.6. The molecule has 2 unspecified atom stereocenters. The molecule has 1 aromatic rings. The fourth-order valence-corrected chi connectivity index (χ4v) is 2.80. The van der Waals surface area contributed by atoms with Gasteiger partial charge < -0.3 is 36.5 Å². The monoisotopic (exact) mass is 422 g/mol. The Hall–Kier alpha value is -2.47. The lowest BCUT2D eigenvalue weighted by molar-refractivity contribution is -0.145. The standard InChI is InChI=1S/C19H31BN4O6/c1-22-15(5-3-4-11-21)18(26)24-16(19(27)30-2)10-12-23-17(25)13-6-8-14(9-7-13)20(28)29/h6-9,15-16,22,28-29H,3-5,10-12,21H2,1-2H3,(H,23,25)(H,24,26). The van der Waals surface area contributed by atoms with Crippen LogP contribution in [-0.4, -0.2) is 74.3 Å². The van der Waals surface area contributed by atoms with Gasteiger partial charge in [0.05, 0.1) is 13.2 Å². The van der Waals surface area contributed by atoms with Gasteiger partial charge in [0.1, 0.15) is 6.04 Å². The number of rotatable bonds is 13. The van der Waals surface area contributed by atoms with E-state index in [2.05, 4.69) is 16.0 Å². The average molecular weight is 422 g/mol. The summed E-state index contributed by atoms with van der Waals surface area (Å²) in [5.74, 6) is -1.32. The quantitative estimate of drug-likeness (QED) is 0.119. The maximum Gasteiger partial charge on any atom is 0.488 e. The molecule has 11 heteroatoms. The summed E-state index contributed by atoms with van der Waals surface area (Å²) in [6.07, 6.45) is 2.32. The third-order valence-corrected chi connectivity index (χ3v) is 4.60. The average Bonchev–Trinajstić information content (AvgIpc) is 2.75. The minimum Gasteiger partial charge on any atom is -0.467 e.